The van der Waals surface area contributed by atoms with E-state index >= 15 is 0 Å². The molecule has 2 rings (SSSR count). The van der Waals surface area contributed by atoms with Gasteiger partial charge in [0.05, 0.1) is 29.6 Å². The lowest BCUT2D eigenvalue weighted by molar-refractivity contribution is -0.137. The molecule has 0 aliphatic heterocycles. The van der Waals surface area contributed by atoms with Gasteiger partial charge >= 0.3 is 12.1 Å². The quantitative estimate of drug-likeness (QED) is 0.847. The number of aromatic nitrogens is 1. The molecule has 112 valence electrons. The minimum absolute atomic E-state index is 0.0530. The number of carbonyl (C=O) groups excluding carboxylic acids is 1. The van der Waals surface area contributed by atoms with Crippen molar-refractivity contribution in [3.63, 3.8) is 0 Å². The molecule has 0 aliphatic rings. The summed E-state index contributed by atoms with van der Waals surface area (Å²) in [7, 11) is 1.22. The number of thiazole rings is 1. The Morgan fingerprint density at radius 1 is 1.43 bits per heavy atom. The molecule has 0 aliphatic carbocycles. The standard InChI is InChI=1S/C12H8ClF3N2O2S/c1-20-10(19)9-5-17-11(21-9)18-8-4-6(12(14,15)16)2-3-7(8)13/h2-5H,1H3,(H,17,18). The van der Waals surface area contributed by atoms with Gasteiger partial charge in [-0.1, -0.05) is 22.9 Å². The highest BCUT2D eigenvalue weighted by Gasteiger charge is 2.31. The third-order valence-electron chi connectivity index (χ3n) is 2.43. The van der Waals surface area contributed by atoms with Crippen molar-refractivity contribution in [2.75, 3.05) is 12.4 Å². The fourth-order valence-corrected chi connectivity index (χ4v) is 2.35. The van der Waals surface area contributed by atoms with E-state index in [4.69, 9.17) is 11.6 Å². The first-order valence-corrected chi connectivity index (χ1v) is 6.68. The van der Waals surface area contributed by atoms with Crippen LogP contribution < -0.4 is 5.32 Å². The average molecular weight is 337 g/mol. The van der Waals surface area contributed by atoms with Gasteiger partial charge in [0.2, 0.25) is 0 Å². The molecule has 1 heterocycles. The normalized spacial score (nSPS) is 11.3. The number of nitrogens with one attached hydrogen (secondary N) is 1. The summed E-state index contributed by atoms with van der Waals surface area (Å²) in [6.07, 6.45) is -3.21. The molecular formula is C12H8ClF3N2O2S. The van der Waals surface area contributed by atoms with Crippen molar-refractivity contribution in [1.29, 1.82) is 0 Å². The van der Waals surface area contributed by atoms with Crippen LogP contribution in [0.3, 0.4) is 0 Å². The number of alkyl halides is 3. The molecule has 0 saturated heterocycles. The molecule has 0 amide bonds. The van der Waals surface area contributed by atoms with Gasteiger partial charge in [0.15, 0.2) is 5.13 Å². The Bertz CT molecular complexity index is 673. The third-order valence-corrected chi connectivity index (χ3v) is 3.65. The van der Waals surface area contributed by atoms with Gasteiger partial charge in [-0.05, 0) is 18.2 Å². The van der Waals surface area contributed by atoms with E-state index in [2.05, 4.69) is 15.0 Å². The molecule has 0 saturated carbocycles. The van der Waals surface area contributed by atoms with Gasteiger partial charge in [-0.2, -0.15) is 13.2 Å². The first kappa shape index (κ1) is 15.6. The first-order chi connectivity index (χ1) is 9.81. The molecule has 4 nitrogen and oxygen atoms in total. The zero-order chi connectivity index (χ0) is 15.6. The summed E-state index contributed by atoms with van der Waals surface area (Å²) in [6, 6.07) is 2.90. The van der Waals surface area contributed by atoms with Crippen molar-refractivity contribution in [3.8, 4) is 0 Å². The second kappa shape index (κ2) is 5.90. The summed E-state index contributed by atoms with van der Waals surface area (Å²) in [4.78, 5) is 15.4. The van der Waals surface area contributed by atoms with Crippen LogP contribution in [0.1, 0.15) is 15.2 Å². The Balaban J connectivity index is 2.27. The molecule has 0 bridgehead atoms. The van der Waals surface area contributed by atoms with Gasteiger partial charge in [-0.3, -0.25) is 0 Å². The molecule has 0 unspecified atom stereocenters. The van der Waals surface area contributed by atoms with Crippen molar-refractivity contribution >= 4 is 39.7 Å². The zero-order valence-corrected chi connectivity index (χ0v) is 12.1. The molecule has 2 aromatic rings. The van der Waals surface area contributed by atoms with Crippen LogP contribution in [0.4, 0.5) is 24.0 Å². The first-order valence-electron chi connectivity index (χ1n) is 5.49. The van der Waals surface area contributed by atoms with Crippen LogP contribution in [0, 0.1) is 0 Å². The topological polar surface area (TPSA) is 51.2 Å². The average Bonchev–Trinajstić information content (AvgIpc) is 2.87. The third kappa shape index (κ3) is 3.64. The smallest absolute Gasteiger partial charge is 0.416 e. The number of ether oxygens (including phenoxy) is 1. The summed E-state index contributed by atoms with van der Waals surface area (Å²) in [5, 5.41) is 2.99. The number of rotatable bonds is 3. The van der Waals surface area contributed by atoms with Gasteiger partial charge < -0.3 is 10.1 Å². The molecule has 21 heavy (non-hydrogen) atoms. The van der Waals surface area contributed by atoms with Gasteiger partial charge in [-0.25, -0.2) is 9.78 Å². The molecule has 1 aromatic carbocycles. The van der Waals surface area contributed by atoms with E-state index in [1.54, 1.807) is 0 Å². The van der Waals surface area contributed by atoms with Crippen molar-refractivity contribution in [3.05, 3.63) is 39.9 Å². The van der Waals surface area contributed by atoms with Crippen molar-refractivity contribution < 1.29 is 22.7 Å². The summed E-state index contributed by atoms with van der Waals surface area (Å²) in [6.45, 7) is 0. The lowest BCUT2D eigenvalue weighted by Crippen LogP contribution is -2.05. The van der Waals surface area contributed by atoms with Crippen molar-refractivity contribution in [2.24, 2.45) is 0 Å². The lowest BCUT2D eigenvalue weighted by Gasteiger charge is -2.10. The minimum atomic E-state index is -4.47. The van der Waals surface area contributed by atoms with E-state index in [-0.39, 0.29) is 20.7 Å². The molecule has 9 heteroatoms. The molecule has 1 aromatic heterocycles. The van der Waals surface area contributed by atoms with Crippen LogP contribution in [0.25, 0.3) is 0 Å². The van der Waals surface area contributed by atoms with E-state index in [0.717, 1.165) is 29.5 Å². The maximum absolute atomic E-state index is 12.6. The molecular weight excluding hydrogens is 329 g/mol. The monoisotopic (exact) mass is 336 g/mol. The van der Waals surface area contributed by atoms with E-state index < -0.39 is 17.7 Å². The maximum atomic E-state index is 12.6. The molecule has 0 spiro atoms. The van der Waals surface area contributed by atoms with Crippen LogP contribution in [-0.4, -0.2) is 18.1 Å². The highest BCUT2D eigenvalue weighted by Crippen LogP contribution is 2.35. The number of carbonyl (C=O) groups is 1. The van der Waals surface area contributed by atoms with Gasteiger partial charge in [0, 0.05) is 0 Å². The predicted octanol–water partition coefficient (Wildman–Crippen LogP) is 4.35. The predicted molar refractivity (Wildman–Crippen MR) is 73.2 cm³/mol. The number of anilines is 2. The number of esters is 1. The summed E-state index contributed by atoms with van der Waals surface area (Å²) >= 11 is 6.79. The molecule has 1 N–H and O–H groups in total. The molecule has 0 radical (unpaired) electrons. The highest BCUT2D eigenvalue weighted by molar-refractivity contribution is 7.17. The zero-order valence-electron chi connectivity index (χ0n) is 10.5. The van der Waals surface area contributed by atoms with Crippen LogP contribution >= 0.6 is 22.9 Å². The van der Waals surface area contributed by atoms with Crippen molar-refractivity contribution in [1.82, 2.24) is 4.98 Å². The Labute approximate surface area is 126 Å². The number of halogens is 4. The maximum Gasteiger partial charge on any atom is 0.416 e. The van der Waals surface area contributed by atoms with E-state index in [9.17, 15) is 18.0 Å². The Kier molecular flexibility index (Phi) is 4.38. The van der Waals surface area contributed by atoms with E-state index in [1.165, 1.54) is 13.3 Å². The second-order valence-electron chi connectivity index (χ2n) is 3.84. The number of benzene rings is 1. The number of hydrogen-bond acceptors (Lipinski definition) is 5. The summed E-state index contributed by atoms with van der Waals surface area (Å²) in [5.74, 6) is -0.573. The lowest BCUT2D eigenvalue weighted by atomic mass is 10.2. The molecule has 0 atom stereocenters. The van der Waals surface area contributed by atoms with Crippen LogP contribution in [0.2, 0.25) is 5.02 Å². The van der Waals surface area contributed by atoms with Crippen molar-refractivity contribution in [2.45, 2.75) is 6.18 Å². The van der Waals surface area contributed by atoms with Gasteiger partial charge in [0.25, 0.3) is 0 Å². The number of hydrogen-bond donors (Lipinski definition) is 1. The van der Waals surface area contributed by atoms with Gasteiger partial charge in [0.1, 0.15) is 4.88 Å². The fourth-order valence-electron chi connectivity index (χ4n) is 1.44. The number of nitrogens with zero attached hydrogens (tertiary/aromatic N) is 1. The minimum Gasteiger partial charge on any atom is -0.465 e. The number of methoxy groups -OCH3 is 1. The van der Waals surface area contributed by atoms with E-state index in [1.807, 2.05) is 0 Å². The summed E-state index contributed by atoms with van der Waals surface area (Å²) < 4.78 is 42.5. The largest absolute Gasteiger partial charge is 0.465 e. The Hall–Kier alpha value is -1.80. The van der Waals surface area contributed by atoms with Crippen LogP contribution in [-0.2, 0) is 10.9 Å². The second-order valence-corrected chi connectivity index (χ2v) is 5.28. The highest BCUT2D eigenvalue weighted by atomic mass is 35.5. The molecule has 0 fully saturated rings. The Morgan fingerprint density at radius 2 is 2.14 bits per heavy atom. The van der Waals surface area contributed by atoms with Crippen LogP contribution in [0.15, 0.2) is 24.4 Å². The fraction of sp³-hybridized carbons (Fsp3) is 0.167. The van der Waals surface area contributed by atoms with E-state index in [0.29, 0.717) is 0 Å². The van der Waals surface area contributed by atoms with Crippen LogP contribution in [0.5, 0.6) is 0 Å². The van der Waals surface area contributed by atoms with Gasteiger partial charge in [-0.15, -0.1) is 0 Å². The SMILES string of the molecule is COC(=O)c1cnc(Nc2cc(C(F)(F)F)ccc2Cl)s1. The summed E-state index contributed by atoms with van der Waals surface area (Å²) in [5.41, 5.74) is -0.781. The Morgan fingerprint density at radius 3 is 2.76 bits per heavy atom.